The molecule has 0 aliphatic carbocycles. The van der Waals surface area contributed by atoms with Gasteiger partial charge in [0.05, 0.1) is 0 Å². The van der Waals surface area contributed by atoms with Gasteiger partial charge in [-0.3, -0.25) is 5.43 Å². The van der Waals surface area contributed by atoms with E-state index in [1.807, 2.05) is 11.8 Å². The lowest BCUT2D eigenvalue weighted by Gasteiger charge is -2.04. The predicted molar refractivity (Wildman–Crippen MR) is 58.8 cm³/mol. The third-order valence-electron chi connectivity index (χ3n) is 1.66. The first-order valence-corrected chi connectivity index (χ1v) is 6.03. The van der Waals surface area contributed by atoms with Crippen molar-refractivity contribution in [3.8, 4) is 0 Å². The number of hydrazine groups is 1. The van der Waals surface area contributed by atoms with E-state index in [1.165, 1.54) is 17.8 Å². The van der Waals surface area contributed by atoms with Gasteiger partial charge in [0.15, 0.2) is 0 Å². The van der Waals surface area contributed by atoms with E-state index in [-0.39, 0.29) is 0 Å². The molecular formula is C7H14N4S2. The van der Waals surface area contributed by atoms with Crippen LogP contribution in [0.3, 0.4) is 0 Å². The fourth-order valence-electron chi connectivity index (χ4n) is 0.702. The number of nitrogen functional groups attached to an aromatic ring is 1. The molecule has 0 aliphatic rings. The number of nitrogens with two attached hydrogens (primary N) is 1. The molecule has 0 radical (unpaired) electrons. The zero-order chi connectivity index (χ0) is 9.68. The largest absolute Gasteiger partial charge is 0.298 e. The molecule has 1 unspecified atom stereocenters. The van der Waals surface area contributed by atoms with Crippen LogP contribution in [0, 0.1) is 0 Å². The molecule has 74 valence electrons. The lowest BCUT2D eigenvalue weighted by Crippen LogP contribution is -2.05. The average molecular weight is 218 g/mol. The van der Waals surface area contributed by atoms with Crippen LogP contribution in [0.25, 0.3) is 0 Å². The van der Waals surface area contributed by atoms with Crippen LogP contribution < -0.4 is 11.3 Å². The minimum absolute atomic E-state index is 0.679. The van der Waals surface area contributed by atoms with Gasteiger partial charge in [-0.05, 0) is 6.42 Å². The standard InChI is InChI=1S/C7H14N4S2/c1-3-5(2)12-4-6-10-11-7(9-8)13-6/h5H,3-4,8H2,1-2H3,(H,9,11). The van der Waals surface area contributed by atoms with Crippen LogP contribution in [0.4, 0.5) is 5.13 Å². The maximum Gasteiger partial charge on any atom is 0.219 e. The highest BCUT2D eigenvalue weighted by molar-refractivity contribution is 7.99. The number of hydrogen-bond donors (Lipinski definition) is 2. The van der Waals surface area contributed by atoms with Crippen molar-refractivity contribution in [2.45, 2.75) is 31.3 Å². The minimum atomic E-state index is 0.679. The monoisotopic (exact) mass is 218 g/mol. The summed E-state index contributed by atoms with van der Waals surface area (Å²) in [6.07, 6.45) is 1.19. The van der Waals surface area contributed by atoms with Crippen LogP contribution in [0.5, 0.6) is 0 Å². The van der Waals surface area contributed by atoms with Gasteiger partial charge in [-0.25, -0.2) is 5.84 Å². The van der Waals surface area contributed by atoms with Gasteiger partial charge in [-0.1, -0.05) is 25.2 Å². The number of thioether (sulfide) groups is 1. The van der Waals surface area contributed by atoms with Gasteiger partial charge in [0.25, 0.3) is 0 Å². The molecule has 0 bridgehead atoms. The number of nitrogens with one attached hydrogen (secondary N) is 1. The predicted octanol–water partition coefficient (Wildman–Crippen LogP) is 1.86. The molecule has 0 aromatic carbocycles. The van der Waals surface area contributed by atoms with Crippen molar-refractivity contribution in [2.24, 2.45) is 5.84 Å². The Kier molecular flexibility index (Phi) is 4.47. The number of aromatic nitrogens is 2. The molecule has 13 heavy (non-hydrogen) atoms. The van der Waals surface area contributed by atoms with E-state index in [0.717, 1.165) is 10.8 Å². The van der Waals surface area contributed by atoms with Crippen molar-refractivity contribution in [1.29, 1.82) is 0 Å². The highest BCUT2D eigenvalue weighted by Crippen LogP contribution is 2.23. The van der Waals surface area contributed by atoms with Gasteiger partial charge in [0, 0.05) is 11.0 Å². The lowest BCUT2D eigenvalue weighted by molar-refractivity contribution is 0.903. The SMILES string of the molecule is CCC(C)SCc1nnc(NN)s1. The molecule has 0 saturated carbocycles. The molecule has 0 aliphatic heterocycles. The van der Waals surface area contributed by atoms with Crippen LogP contribution in [-0.2, 0) is 5.75 Å². The maximum atomic E-state index is 5.20. The van der Waals surface area contributed by atoms with E-state index in [0.29, 0.717) is 10.4 Å². The van der Waals surface area contributed by atoms with Crippen molar-refractivity contribution in [3.05, 3.63) is 5.01 Å². The maximum absolute atomic E-state index is 5.20. The highest BCUT2D eigenvalue weighted by atomic mass is 32.2. The van der Waals surface area contributed by atoms with Gasteiger partial charge in [-0.2, -0.15) is 11.8 Å². The second-order valence-corrected chi connectivity index (χ2v) is 5.16. The molecule has 1 heterocycles. The smallest absolute Gasteiger partial charge is 0.219 e. The number of anilines is 1. The van der Waals surface area contributed by atoms with Gasteiger partial charge >= 0.3 is 0 Å². The fourth-order valence-corrected chi connectivity index (χ4v) is 2.31. The molecular weight excluding hydrogens is 204 g/mol. The van der Waals surface area contributed by atoms with Crippen LogP contribution in [0.1, 0.15) is 25.3 Å². The summed E-state index contributed by atoms with van der Waals surface area (Å²) < 4.78 is 0. The van der Waals surface area contributed by atoms with E-state index >= 15 is 0 Å². The molecule has 4 nitrogen and oxygen atoms in total. The summed E-state index contributed by atoms with van der Waals surface area (Å²) in [4.78, 5) is 0. The molecule has 1 rings (SSSR count). The van der Waals surface area contributed by atoms with E-state index < -0.39 is 0 Å². The Labute approximate surface area is 86.3 Å². The van der Waals surface area contributed by atoms with Crippen molar-refractivity contribution < 1.29 is 0 Å². The van der Waals surface area contributed by atoms with Crippen molar-refractivity contribution in [1.82, 2.24) is 10.2 Å². The van der Waals surface area contributed by atoms with E-state index in [9.17, 15) is 0 Å². The molecule has 3 N–H and O–H groups in total. The fraction of sp³-hybridized carbons (Fsp3) is 0.714. The van der Waals surface area contributed by atoms with Gasteiger partial charge in [0.2, 0.25) is 5.13 Å². The normalized spacial score (nSPS) is 12.8. The number of rotatable bonds is 5. The second kappa shape index (κ2) is 5.41. The second-order valence-electron chi connectivity index (χ2n) is 2.68. The van der Waals surface area contributed by atoms with E-state index in [4.69, 9.17) is 5.84 Å². The summed E-state index contributed by atoms with van der Waals surface area (Å²) in [5.74, 6) is 6.12. The summed E-state index contributed by atoms with van der Waals surface area (Å²) in [7, 11) is 0. The summed E-state index contributed by atoms with van der Waals surface area (Å²) in [6, 6.07) is 0. The van der Waals surface area contributed by atoms with E-state index in [1.54, 1.807) is 0 Å². The summed E-state index contributed by atoms with van der Waals surface area (Å²) in [5, 5.41) is 10.2. The Balaban J connectivity index is 2.36. The summed E-state index contributed by atoms with van der Waals surface area (Å²) in [6.45, 7) is 4.40. The van der Waals surface area contributed by atoms with Gasteiger partial charge in [-0.15, -0.1) is 10.2 Å². The molecule has 1 atom stereocenters. The third-order valence-corrected chi connectivity index (χ3v) is 4.04. The first-order valence-electron chi connectivity index (χ1n) is 4.16. The molecule has 1 aromatic heterocycles. The molecule has 0 saturated heterocycles. The van der Waals surface area contributed by atoms with Gasteiger partial charge in [0.1, 0.15) is 5.01 Å². The quantitative estimate of drug-likeness (QED) is 0.583. The lowest BCUT2D eigenvalue weighted by atomic mass is 10.4. The first-order chi connectivity index (χ1) is 6.26. The van der Waals surface area contributed by atoms with Crippen LogP contribution in [0.15, 0.2) is 0 Å². The van der Waals surface area contributed by atoms with Crippen molar-refractivity contribution >= 4 is 28.2 Å². The zero-order valence-electron chi connectivity index (χ0n) is 7.78. The topological polar surface area (TPSA) is 63.8 Å². The summed E-state index contributed by atoms with van der Waals surface area (Å²) >= 11 is 3.40. The summed E-state index contributed by atoms with van der Waals surface area (Å²) in [5.41, 5.74) is 2.48. The molecule has 0 fully saturated rings. The Morgan fingerprint density at radius 3 is 2.92 bits per heavy atom. The highest BCUT2D eigenvalue weighted by Gasteiger charge is 2.05. The average Bonchev–Trinajstić information content (AvgIpc) is 2.61. The molecule has 1 aromatic rings. The van der Waals surface area contributed by atoms with Crippen molar-refractivity contribution in [2.75, 3.05) is 5.43 Å². The molecule has 6 heteroatoms. The van der Waals surface area contributed by atoms with E-state index in [2.05, 4.69) is 29.5 Å². The first kappa shape index (κ1) is 10.7. The van der Waals surface area contributed by atoms with Crippen molar-refractivity contribution in [3.63, 3.8) is 0 Å². The zero-order valence-corrected chi connectivity index (χ0v) is 9.41. The third kappa shape index (κ3) is 3.50. The van der Waals surface area contributed by atoms with Gasteiger partial charge < -0.3 is 0 Å². The van der Waals surface area contributed by atoms with Crippen LogP contribution in [-0.4, -0.2) is 15.4 Å². The number of hydrogen-bond acceptors (Lipinski definition) is 6. The Bertz CT molecular complexity index is 250. The Morgan fingerprint density at radius 2 is 2.38 bits per heavy atom. The number of nitrogens with zero attached hydrogens (tertiary/aromatic N) is 2. The minimum Gasteiger partial charge on any atom is -0.298 e. The Hall–Kier alpha value is -0.330. The van der Waals surface area contributed by atoms with Crippen LogP contribution >= 0.6 is 23.1 Å². The Morgan fingerprint density at radius 1 is 1.62 bits per heavy atom. The molecule has 0 amide bonds. The molecule has 0 spiro atoms. The van der Waals surface area contributed by atoms with Crippen LogP contribution in [0.2, 0.25) is 0 Å².